The molecule has 142 valence electrons. The van der Waals surface area contributed by atoms with Crippen LogP contribution in [-0.4, -0.2) is 32.5 Å². The van der Waals surface area contributed by atoms with Gasteiger partial charge in [0, 0.05) is 12.2 Å². The molecule has 0 aliphatic rings. The highest BCUT2D eigenvalue weighted by Crippen LogP contribution is 2.12. The zero-order valence-corrected chi connectivity index (χ0v) is 15.3. The van der Waals surface area contributed by atoms with Gasteiger partial charge in [0.05, 0.1) is 17.1 Å². The number of halogens is 1. The van der Waals surface area contributed by atoms with E-state index in [0.29, 0.717) is 11.3 Å². The summed E-state index contributed by atoms with van der Waals surface area (Å²) in [6.07, 6.45) is 1.18. The summed E-state index contributed by atoms with van der Waals surface area (Å²) in [6.45, 7) is 3.30. The molecule has 0 heterocycles. The third-order valence-electron chi connectivity index (χ3n) is 3.61. The molecule has 0 saturated heterocycles. The number of benzene rings is 2. The van der Waals surface area contributed by atoms with E-state index in [0.717, 1.165) is 18.2 Å². The molecule has 6 nitrogen and oxygen atoms in total. The fourth-order valence-electron chi connectivity index (χ4n) is 2.28. The van der Waals surface area contributed by atoms with E-state index >= 15 is 0 Å². The molecule has 2 N–H and O–H groups in total. The second-order valence-electron chi connectivity index (χ2n) is 5.69. The second kappa shape index (κ2) is 9.09. The Balaban J connectivity index is 1.87. The van der Waals surface area contributed by atoms with Gasteiger partial charge in [-0.15, -0.1) is 0 Å². The number of nitrogens with one attached hydrogen (secondary N) is 2. The van der Waals surface area contributed by atoms with Crippen LogP contribution >= 0.6 is 0 Å². The molecule has 0 saturated carbocycles. The first kappa shape index (κ1) is 20.3. The standard InChI is InChI=1S/C19H19FN2O4S/c1-2-18(23)22-16-5-3-4-14(12-16)13-19(24)21-10-11-27(25,26)17-8-6-15(20)7-9-17/h2-9,12H,1,10-11,13H2,(H,21,24)(H,22,23). The van der Waals surface area contributed by atoms with Crippen LogP contribution in [0.3, 0.4) is 0 Å². The van der Waals surface area contributed by atoms with Crippen LogP contribution in [0, 0.1) is 5.82 Å². The van der Waals surface area contributed by atoms with Crippen LogP contribution < -0.4 is 10.6 Å². The van der Waals surface area contributed by atoms with Crippen LogP contribution in [0.2, 0.25) is 0 Å². The number of rotatable bonds is 8. The fourth-order valence-corrected chi connectivity index (χ4v) is 3.44. The molecule has 0 spiro atoms. The Morgan fingerprint density at radius 1 is 1.11 bits per heavy atom. The van der Waals surface area contributed by atoms with Crippen molar-refractivity contribution in [2.45, 2.75) is 11.3 Å². The largest absolute Gasteiger partial charge is 0.355 e. The van der Waals surface area contributed by atoms with E-state index in [1.165, 1.54) is 12.1 Å². The molecule has 27 heavy (non-hydrogen) atoms. The molecule has 0 bridgehead atoms. The van der Waals surface area contributed by atoms with Crippen molar-refractivity contribution >= 4 is 27.3 Å². The number of sulfone groups is 1. The number of carbonyl (C=O) groups is 2. The zero-order valence-electron chi connectivity index (χ0n) is 14.4. The minimum absolute atomic E-state index is 0.00353. The van der Waals surface area contributed by atoms with Crippen molar-refractivity contribution in [3.63, 3.8) is 0 Å². The number of amides is 2. The molecule has 0 atom stereocenters. The third-order valence-corrected chi connectivity index (χ3v) is 5.34. The Bertz CT molecular complexity index is 940. The smallest absolute Gasteiger partial charge is 0.247 e. The lowest BCUT2D eigenvalue weighted by Gasteiger charge is -2.08. The van der Waals surface area contributed by atoms with Gasteiger partial charge in [-0.25, -0.2) is 12.8 Å². The van der Waals surface area contributed by atoms with Crippen molar-refractivity contribution in [3.8, 4) is 0 Å². The molecule has 2 aromatic carbocycles. The Labute approximate surface area is 157 Å². The number of carbonyl (C=O) groups excluding carboxylic acids is 2. The van der Waals surface area contributed by atoms with E-state index in [2.05, 4.69) is 17.2 Å². The first-order chi connectivity index (χ1) is 12.8. The lowest BCUT2D eigenvalue weighted by molar-refractivity contribution is -0.120. The minimum atomic E-state index is -3.61. The maximum absolute atomic E-state index is 12.9. The van der Waals surface area contributed by atoms with Gasteiger partial charge in [-0.05, 0) is 48.0 Å². The molecule has 2 aromatic rings. The molecule has 0 aliphatic carbocycles. The van der Waals surface area contributed by atoms with Crippen LogP contribution in [0.15, 0.2) is 66.1 Å². The minimum Gasteiger partial charge on any atom is -0.355 e. The molecular weight excluding hydrogens is 371 g/mol. The SMILES string of the molecule is C=CC(=O)Nc1cccc(CC(=O)NCCS(=O)(=O)c2ccc(F)cc2)c1. The summed E-state index contributed by atoms with van der Waals surface area (Å²) in [5.41, 5.74) is 1.19. The summed E-state index contributed by atoms with van der Waals surface area (Å²) in [5.74, 6) is -1.52. The van der Waals surface area contributed by atoms with Crippen molar-refractivity contribution in [1.82, 2.24) is 5.32 Å². The Morgan fingerprint density at radius 3 is 2.48 bits per heavy atom. The van der Waals surface area contributed by atoms with Gasteiger partial charge in [-0.3, -0.25) is 9.59 Å². The van der Waals surface area contributed by atoms with Crippen molar-refractivity contribution in [2.75, 3.05) is 17.6 Å². The van der Waals surface area contributed by atoms with E-state index in [1.54, 1.807) is 24.3 Å². The summed E-state index contributed by atoms with van der Waals surface area (Å²) in [5, 5.41) is 5.14. The third kappa shape index (κ3) is 6.34. The topological polar surface area (TPSA) is 92.3 Å². The molecular formula is C19H19FN2O4S. The number of hydrogen-bond donors (Lipinski definition) is 2. The summed E-state index contributed by atoms with van der Waals surface area (Å²) in [4.78, 5) is 23.3. The van der Waals surface area contributed by atoms with Crippen molar-refractivity contribution in [1.29, 1.82) is 0 Å². The van der Waals surface area contributed by atoms with Crippen LogP contribution in [-0.2, 0) is 25.8 Å². The molecule has 0 radical (unpaired) electrons. The average Bonchev–Trinajstić information content (AvgIpc) is 2.62. The molecule has 2 rings (SSSR count). The number of anilines is 1. The van der Waals surface area contributed by atoms with Crippen molar-refractivity contribution < 1.29 is 22.4 Å². The van der Waals surface area contributed by atoms with Gasteiger partial charge in [0.2, 0.25) is 11.8 Å². The highest BCUT2D eigenvalue weighted by Gasteiger charge is 2.15. The van der Waals surface area contributed by atoms with Crippen molar-refractivity contribution in [2.24, 2.45) is 0 Å². The van der Waals surface area contributed by atoms with Crippen LogP contribution in [0.5, 0.6) is 0 Å². The molecule has 8 heteroatoms. The van der Waals surface area contributed by atoms with Gasteiger partial charge in [0.15, 0.2) is 9.84 Å². The summed E-state index contributed by atoms with van der Waals surface area (Å²) in [7, 11) is -3.61. The van der Waals surface area contributed by atoms with Crippen LogP contribution in [0.1, 0.15) is 5.56 Å². The predicted octanol–water partition coefficient (Wildman–Crippen LogP) is 2.08. The second-order valence-corrected chi connectivity index (χ2v) is 7.80. The van der Waals surface area contributed by atoms with Crippen LogP contribution in [0.25, 0.3) is 0 Å². The normalized spacial score (nSPS) is 10.9. The maximum atomic E-state index is 12.9. The van der Waals surface area contributed by atoms with Gasteiger partial charge in [-0.2, -0.15) is 0 Å². The first-order valence-corrected chi connectivity index (χ1v) is 9.73. The highest BCUT2D eigenvalue weighted by molar-refractivity contribution is 7.91. The highest BCUT2D eigenvalue weighted by atomic mass is 32.2. The molecule has 0 aliphatic heterocycles. The van der Waals surface area contributed by atoms with E-state index in [4.69, 9.17) is 0 Å². The summed E-state index contributed by atoms with van der Waals surface area (Å²) < 4.78 is 37.2. The summed E-state index contributed by atoms with van der Waals surface area (Å²) in [6, 6.07) is 11.3. The van der Waals surface area contributed by atoms with E-state index in [-0.39, 0.29) is 35.4 Å². The maximum Gasteiger partial charge on any atom is 0.247 e. The van der Waals surface area contributed by atoms with Gasteiger partial charge in [0.1, 0.15) is 5.82 Å². The first-order valence-electron chi connectivity index (χ1n) is 8.07. The van der Waals surface area contributed by atoms with Gasteiger partial charge in [-0.1, -0.05) is 18.7 Å². The molecule has 2 amide bonds. The molecule has 0 aromatic heterocycles. The Kier molecular flexibility index (Phi) is 6.84. The lowest BCUT2D eigenvalue weighted by Crippen LogP contribution is -2.30. The van der Waals surface area contributed by atoms with Crippen molar-refractivity contribution in [3.05, 3.63) is 72.6 Å². The van der Waals surface area contributed by atoms with E-state index < -0.39 is 15.7 Å². The summed E-state index contributed by atoms with van der Waals surface area (Å²) >= 11 is 0. The fraction of sp³-hybridized carbons (Fsp3) is 0.158. The lowest BCUT2D eigenvalue weighted by atomic mass is 10.1. The van der Waals surface area contributed by atoms with Crippen LogP contribution in [0.4, 0.5) is 10.1 Å². The van der Waals surface area contributed by atoms with E-state index in [1.807, 2.05) is 0 Å². The van der Waals surface area contributed by atoms with Gasteiger partial charge in [0.25, 0.3) is 0 Å². The van der Waals surface area contributed by atoms with E-state index in [9.17, 15) is 22.4 Å². The van der Waals surface area contributed by atoms with Gasteiger partial charge < -0.3 is 10.6 Å². The average molecular weight is 390 g/mol. The predicted molar refractivity (Wildman–Crippen MR) is 100 cm³/mol. The Hall–Kier alpha value is -3.00. The number of hydrogen-bond acceptors (Lipinski definition) is 4. The monoisotopic (exact) mass is 390 g/mol. The Morgan fingerprint density at radius 2 is 1.81 bits per heavy atom. The quantitative estimate of drug-likeness (QED) is 0.533. The molecule has 0 unspecified atom stereocenters. The zero-order chi connectivity index (χ0) is 19.9. The van der Waals surface area contributed by atoms with Gasteiger partial charge >= 0.3 is 0 Å². The molecule has 0 fully saturated rings.